The number of rotatable bonds is 4. The van der Waals surface area contributed by atoms with E-state index in [4.69, 9.17) is 0 Å². The average molecular weight is 484 g/mol. The molecule has 3 aromatic rings. The Morgan fingerprint density at radius 2 is 1.67 bits per heavy atom. The summed E-state index contributed by atoms with van der Waals surface area (Å²) in [5.74, 6) is -4.18. The molecule has 4 atom stereocenters. The number of Topliss-reactive ketones (excluding diaryl/α,β-unsaturated/α-hetero) is 1. The summed E-state index contributed by atoms with van der Waals surface area (Å²) in [7, 11) is 0. The Balaban J connectivity index is 1.49. The van der Waals surface area contributed by atoms with Gasteiger partial charge >= 0.3 is 0 Å². The van der Waals surface area contributed by atoms with Crippen LogP contribution in [0.5, 0.6) is 0 Å². The van der Waals surface area contributed by atoms with E-state index in [1.165, 1.54) is 41.4 Å². The highest BCUT2D eigenvalue weighted by atomic mass is 19.1. The molecule has 0 bridgehead atoms. The van der Waals surface area contributed by atoms with E-state index >= 15 is 0 Å². The third-order valence-electron chi connectivity index (χ3n) is 6.99. The average Bonchev–Trinajstić information content (AvgIpc) is 3.36. The first-order chi connectivity index (χ1) is 17.4. The Bertz CT molecular complexity index is 1490. The standard InChI is InChI=1S/C26H17FN4O5/c27-16-10-8-14(9-11-16)24(32)23-21-20(22-19-7-2-1-4-15(19)13-28-30(22)23)25(33)29(26(21)34)17-5-3-6-18(12-17)31(35)36/h1-13,20-23H/t20-,21+,22+,23-/m1/s1. The third-order valence-corrected chi connectivity index (χ3v) is 6.99. The first-order valence-corrected chi connectivity index (χ1v) is 11.2. The minimum Gasteiger partial charge on any atom is -0.292 e. The zero-order valence-electron chi connectivity index (χ0n) is 18.5. The monoisotopic (exact) mass is 484 g/mol. The van der Waals surface area contributed by atoms with Crippen molar-refractivity contribution in [1.82, 2.24) is 5.01 Å². The number of fused-ring (bicyclic) bond motifs is 5. The molecular formula is C26H17FN4O5. The lowest BCUT2D eigenvalue weighted by Gasteiger charge is -2.33. The van der Waals surface area contributed by atoms with E-state index in [1.807, 2.05) is 18.2 Å². The van der Waals surface area contributed by atoms with Crippen LogP contribution in [0.2, 0.25) is 0 Å². The van der Waals surface area contributed by atoms with Crippen molar-refractivity contribution in [3.8, 4) is 0 Å². The molecule has 2 saturated heterocycles. The molecule has 36 heavy (non-hydrogen) atoms. The molecule has 0 saturated carbocycles. The molecule has 3 aliphatic heterocycles. The van der Waals surface area contributed by atoms with E-state index in [-0.39, 0.29) is 16.9 Å². The normalized spacial score (nSPS) is 23.9. The van der Waals surface area contributed by atoms with Gasteiger partial charge in [0, 0.05) is 17.7 Å². The zero-order chi connectivity index (χ0) is 25.1. The smallest absolute Gasteiger partial charge is 0.271 e. The molecule has 2 fully saturated rings. The Kier molecular flexibility index (Phi) is 4.78. The molecule has 0 aliphatic carbocycles. The van der Waals surface area contributed by atoms with Gasteiger partial charge in [-0.25, -0.2) is 9.29 Å². The van der Waals surface area contributed by atoms with Crippen molar-refractivity contribution in [1.29, 1.82) is 0 Å². The van der Waals surface area contributed by atoms with Gasteiger partial charge in [0.05, 0.1) is 34.7 Å². The van der Waals surface area contributed by atoms with Crippen LogP contribution in [0.15, 0.2) is 77.9 Å². The molecule has 3 aromatic carbocycles. The number of halogens is 1. The Labute approximate surface area is 203 Å². The maximum Gasteiger partial charge on any atom is 0.271 e. The van der Waals surface area contributed by atoms with E-state index < -0.39 is 52.3 Å². The Morgan fingerprint density at radius 1 is 0.944 bits per heavy atom. The molecule has 0 spiro atoms. The van der Waals surface area contributed by atoms with Gasteiger partial charge in [0.25, 0.3) is 5.69 Å². The van der Waals surface area contributed by atoms with Crippen LogP contribution in [0.1, 0.15) is 27.5 Å². The van der Waals surface area contributed by atoms with Crippen LogP contribution >= 0.6 is 0 Å². The summed E-state index contributed by atoms with van der Waals surface area (Å²) >= 11 is 0. The number of imide groups is 1. The van der Waals surface area contributed by atoms with E-state index in [2.05, 4.69) is 5.10 Å². The summed E-state index contributed by atoms with van der Waals surface area (Å²) in [5, 5.41) is 17.3. The SMILES string of the molecule is O=C(c1ccc(F)cc1)[C@H]1[C@H]2C(=O)N(c3cccc([N+](=O)[O-])c3)C(=O)[C@H]2[C@@H]2c3ccccc3C=NN12. The van der Waals surface area contributed by atoms with Gasteiger partial charge in [-0.1, -0.05) is 30.3 Å². The molecule has 0 radical (unpaired) electrons. The van der Waals surface area contributed by atoms with Gasteiger partial charge in [-0.05, 0) is 41.5 Å². The fraction of sp³-hybridized carbons (Fsp3) is 0.154. The second kappa shape index (κ2) is 7.91. The largest absolute Gasteiger partial charge is 0.292 e. The molecule has 3 aliphatic rings. The van der Waals surface area contributed by atoms with E-state index in [0.717, 1.165) is 28.2 Å². The van der Waals surface area contributed by atoms with Gasteiger partial charge in [-0.2, -0.15) is 5.10 Å². The lowest BCUT2D eigenvalue weighted by Crippen LogP contribution is -2.44. The molecule has 178 valence electrons. The summed E-state index contributed by atoms with van der Waals surface area (Å²) in [4.78, 5) is 52.9. The fourth-order valence-electron chi connectivity index (χ4n) is 5.45. The van der Waals surface area contributed by atoms with Crippen molar-refractivity contribution in [2.45, 2.75) is 12.1 Å². The highest BCUT2D eigenvalue weighted by Crippen LogP contribution is 2.53. The number of carbonyl (C=O) groups is 3. The van der Waals surface area contributed by atoms with Gasteiger partial charge in [-0.15, -0.1) is 0 Å². The number of hydrogen-bond donors (Lipinski definition) is 0. The Hall–Kier alpha value is -4.73. The van der Waals surface area contributed by atoms with Crippen LogP contribution in [-0.4, -0.2) is 39.8 Å². The number of amides is 2. The van der Waals surface area contributed by atoms with E-state index in [0.29, 0.717) is 0 Å². The Morgan fingerprint density at radius 3 is 2.42 bits per heavy atom. The summed E-state index contributed by atoms with van der Waals surface area (Å²) < 4.78 is 13.5. The van der Waals surface area contributed by atoms with Crippen LogP contribution in [0.3, 0.4) is 0 Å². The van der Waals surface area contributed by atoms with Crippen LogP contribution in [0.25, 0.3) is 0 Å². The third kappa shape index (κ3) is 3.07. The summed E-state index contributed by atoms with van der Waals surface area (Å²) in [6.45, 7) is 0. The molecule has 6 rings (SSSR count). The van der Waals surface area contributed by atoms with Crippen molar-refractivity contribution < 1.29 is 23.7 Å². The highest BCUT2D eigenvalue weighted by Gasteiger charge is 2.65. The minimum absolute atomic E-state index is 0.0701. The number of ketones is 1. The van der Waals surface area contributed by atoms with Crippen LogP contribution in [0, 0.1) is 27.8 Å². The molecule has 0 aromatic heterocycles. The maximum atomic E-state index is 13.8. The lowest BCUT2D eigenvalue weighted by atomic mass is 9.83. The minimum atomic E-state index is -1.12. The summed E-state index contributed by atoms with van der Waals surface area (Å²) in [5.41, 5.74) is 1.50. The number of nitro groups is 1. The summed E-state index contributed by atoms with van der Waals surface area (Å²) in [6, 6.07) is 15.7. The van der Waals surface area contributed by atoms with Crippen LogP contribution in [0.4, 0.5) is 15.8 Å². The van der Waals surface area contributed by atoms with Crippen molar-refractivity contribution in [2.24, 2.45) is 16.9 Å². The van der Waals surface area contributed by atoms with Crippen molar-refractivity contribution in [3.63, 3.8) is 0 Å². The molecule has 0 N–H and O–H groups in total. The van der Waals surface area contributed by atoms with Crippen molar-refractivity contribution >= 4 is 35.2 Å². The van der Waals surface area contributed by atoms with Gasteiger partial charge < -0.3 is 0 Å². The number of benzene rings is 3. The first-order valence-electron chi connectivity index (χ1n) is 11.2. The quantitative estimate of drug-likeness (QED) is 0.242. The molecule has 0 unspecified atom stereocenters. The number of carbonyl (C=O) groups excluding carboxylic acids is 3. The lowest BCUT2D eigenvalue weighted by molar-refractivity contribution is -0.384. The van der Waals surface area contributed by atoms with Gasteiger partial charge in [0.2, 0.25) is 11.8 Å². The second-order valence-corrected chi connectivity index (χ2v) is 8.85. The maximum absolute atomic E-state index is 13.8. The fourth-order valence-corrected chi connectivity index (χ4v) is 5.45. The number of nitrogens with zero attached hydrogens (tertiary/aromatic N) is 4. The van der Waals surface area contributed by atoms with Crippen molar-refractivity contribution in [2.75, 3.05) is 4.90 Å². The molecule has 3 heterocycles. The van der Waals surface area contributed by atoms with Crippen LogP contribution < -0.4 is 4.90 Å². The number of non-ortho nitro benzene ring substituents is 1. The second-order valence-electron chi connectivity index (χ2n) is 8.85. The first kappa shape index (κ1) is 21.8. The number of nitro benzene ring substituents is 1. The topological polar surface area (TPSA) is 113 Å². The van der Waals surface area contributed by atoms with E-state index in [1.54, 1.807) is 12.3 Å². The molecule has 2 amide bonds. The number of anilines is 1. The zero-order valence-corrected chi connectivity index (χ0v) is 18.5. The molecule has 10 heteroatoms. The van der Waals surface area contributed by atoms with Crippen molar-refractivity contribution in [3.05, 3.63) is 105 Å². The van der Waals surface area contributed by atoms with E-state index in [9.17, 15) is 28.9 Å². The predicted molar refractivity (Wildman–Crippen MR) is 126 cm³/mol. The van der Waals surface area contributed by atoms with Gasteiger partial charge in [0.1, 0.15) is 11.9 Å². The summed E-state index contributed by atoms with van der Waals surface area (Å²) in [6.07, 6.45) is 1.59. The highest BCUT2D eigenvalue weighted by molar-refractivity contribution is 6.24. The molecule has 9 nitrogen and oxygen atoms in total. The van der Waals surface area contributed by atoms with Gasteiger partial charge in [0.15, 0.2) is 5.78 Å². The predicted octanol–water partition coefficient (Wildman–Crippen LogP) is 3.50. The number of hydrogen-bond acceptors (Lipinski definition) is 7. The molecular weight excluding hydrogens is 467 g/mol. The van der Waals surface area contributed by atoms with Crippen LogP contribution in [-0.2, 0) is 9.59 Å². The number of hydrazone groups is 1. The van der Waals surface area contributed by atoms with Gasteiger partial charge in [-0.3, -0.25) is 29.5 Å².